The molecule has 0 saturated carbocycles. The molecule has 0 spiro atoms. The third-order valence-electron chi connectivity index (χ3n) is 9.22. The lowest BCUT2D eigenvalue weighted by atomic mass is 9.76. The molecular formula is C36H37BrN2O10. The molecule has 3 aromatic rings. The maximum atomic E-state index is 14.2. The summed E-state index contributed by atoms with van der Waals surface area (Å²) in [5, 5.41) is 0.829. The molecule has 5 atom stereocenters. The zero-order valence-corrected chi connectivity index (χ0v) is 29.2. The highest BCUT2D eigenvalue weighted by molar-refractivity contribution is 9.10. The van der Waals surface area contributed by atoms with Crippen LogP contribution in [0.5, 0.6) is 0 Å². The Kier molecular flexibility index (Phi) is 9.88. The smallest absolute Gasteiger partial charge is 0.321 e. The molecule has 6 rings (SSSR count). The molecule has 1 aromatic carbocycles. The highest BCUT2D eigenvalue weighted by Crippen LogP contribution is 2.43. The summed E-state index contributed by atoms with van der Waals surface area (Å²) in [4.78, 5) is 68.3. The summed E-state index contributed by atoms with van der Waals surface area (Å²) in [5.74, 6) is -1.80. The van der Waals surface area contributed by atoms with E-state index in [1.54, 1.807) is 29.7 Å². The molecule has 2 unspecified atom stereocenters. The standard InChI is InChI=1S/C36H37BrN2O10/c1-5-26(37)35(44)49-36(6-2)25-15-28-33-23(16-39(28)34(43)22(25)11-13-31(36)42)24(21-9-7-8-10-27(21)38-33)17-46-32-14-12-29(47-20(4)41)30(48-32)18-45-19(3)40/h7-10,12,14-15,26,29-30,32H,5-6,11,13,16-18H2,1-4H3/t26?,29-,30+,32?,36-/m0/s1. The summed E-state index contributed by atoms with van der Waals surface area (Å²) < 4.78 is 30.4. The number of ketones is 1. The molecule has 1 aliphatic carbocycles. The van der Waals surface area contributed by atoms with Gasteiger partial charge >= 0.3 is 17.9 Å². The normalized spacial score (nSPS) is 23.0. The van der Waals surface area contributed by atoms with Crippen molar-refractivity contribution in [2.75, 3.05) is 6.61 Å². The summed E-state index contributed by atoms with van der Waals surface area (Å²) in [6.45, 7) is 6.33. The van der Waals surface area contributed by atoms with Crippen molar-refractivity contribution in [2.24, 2.45) is 0 Å². The minimum atomic E-state index is -1.58. The molecular weight excluding hydrogens is 700 g/mol. The van der Waals surface area contributed by atoms with Crippen LogP contribution in [0.2, 0.25) is 0 Å². The van der Waals surface area contributed by atoms with Crippen LogP contribution >= 0.6 is 15.9 Å². The van der Waals surface area contributed by atoms with Crippen LogP contribution < -0.4 is 5.56 Å². The number of esters is 3. The third kappa shape index (κ3) is 6.47. The van der Waals surface area contributed by atoms with Crippen molar-refractivity contribution in [1.29, 1.82) is 0 Å². The van der Waals surface area contributed by atoms with E-state index in [2.05, 4.69) is 15.9 Å². The predicted molar refractivity (Wildman–Crippen MR) is 180 cm³/mol. The molecule has 3 aliphatic rings. The molecule has 258 valence electrons. The average molecular weight is 738 g/mol. The number of hydrogen-bond acceptors (Lipinski definition) is 11. The first kappa shape index (κ1) is 34.7. The first-order valence-corrected chi connectivity index (χ1v) is 17.2. The van der Waals surface area contributed by atoms with Crippen LogP contribution in [-0.2, 0) is 68.0 Å². The summed E-state index contributed by atoms with van der Waals surface area (Å²) in [5.41, 5.74) is 2.39. The van der Waals surface area contributed by atoms with Crippen LogP contribution in [0.1, 0.15) is 69.2 Å². The Morgan fingerprint density at radius 2 is 1.86 bits per heavy atom. The number of rotatable bonds is 10. The number of ether oxygens (including phenoxy) is 5. The van der Waals surface area contributed by atoms with E-state index < -0.39 is 46.8 Å². The minimum Gasteiger partial charge on any atom is -0.463 e. The number of halogens is 1. The number of benzene rings is 1. The Balaban J connectivity index is 1.38. The second-order valence-corrected chi connectivity index (χ2v) is 13.4. The Morgan fingerprint density at radius 3 is 2.57 bits per heavy atom. The van der Waals surface area contributed by atoms with Crippen LogP contribution in [0.25, 0.3) is 22.3 Å². The van der Waals surface area contributed by atoms with E-state index in [9.17, 15) is 24.0 Å². The molecule has 0 N–H and O–H groups in total. The van der Waals surface area contributed by atoms with E-state index in [1.165, 1.54) is 13.8 Å². The van der Waals surface area contributed by atoms with Gasteiger partial charge in [-0.3, -0.25) is 24.0 Å². The SMILES string of the molecule is CCC(Br)C(=O)O[C@]1(CC)C(=O)CCc2c1cc1n(c2=O)Cc2c-1nc1ccccc1c2COC1C=C[C@H](OC(C)=O)[C@@H](COC(C)=O)O1. The fourth-order valence-corrected chi connectivity index (χ4v) is 6.85. The largest absolute Gasteiger partial charge is 0.463 e. The summed E-state index contributed by atoms with van der Waals surface area (Å²) in [7, 11) is 0. The van der Waals surface area contributed by atoms with E-state index in [0.717, 1.165) is 16.5 Å². The average Bonchev–Trinajstić information content (AvgIpc) is 3.45. The zero-order valence-electron chi connectivity index (χ0n) is 27.7. The molecule has 13 heteroatoms. The van der Waals surface area contributed by atoms with E-state index >= 15 is 0 Å². The van der Waals surface area contributed by atoms with Crippen LogP contribution in [-0.4, -0.2) is 63.2 Å². The predicted octanol–water partition coefficient (Wildman–Crippen LogP) is 4.56. The molecule has 12 nitrogen and oxygen atoms in total. The number of aromatic nitrogens is 2. The topological polar surface area (TPSA) is 149 Å². The fourth-order valence-electron chi connectivity index (χ4n) is 6.75. The number of nitrogens with zero attached hydrogens (tertiary/aromatic N) is 2. The van der Waals surface area contributed by atoms with Crippen LogP contribution in [0.3, 0.4) is 0 Å². The number of alkyl halides is 1. The van der Waals surface area contributed by atoms with Gasteiger partial charge in [-0.2, -0.15) is 0 Å². The quantitative estimate of drug-likeness (QED) is 0.0977. The molecule has 0 saturated heterocycles. The lowest BCUT2D eigenvalue weighted by Crippen LogP contribution is -2.47. The van der Waals surface area contributed by atoms with Crippen molar-refractivity contribution >= 4 is 50.5 Å². The van der Waals surface area contributed by atoms with E-state index in [1.807, 2.05) is 31.2 Å². The Hall–Kier alpha value is -4.20. The van der Waals surface area contributed by atoms with E-state index in [0.29, 0.717) is 34.5 Å². The van der Waals surface area contributed by atoms with Gasteiger partial charge < -0.3 is 28.3 Å². The second-order valence-electron chi connectivity index (χ2n) is 12.3. The van der Waals surface area contributed by atoms with Gasteiger partial charge in [-0.25, -0.2) is 4.98 Å². The van der Waals surface area contributed by atoms with Gasteiger partial charge in [-0.15, -0.1) is 0 Å². The molecule has 4 heterocycles. The Bertz CT molecular complexity index is 1940. The molecule has 2 aromatic heterocycles. The fraction of sp³-hybridized carbons (Fsp3) is 0.444. The van der Waals surface area contributed by atoms with Gasteiger partial charge in [0.05, 0.1) is 30.1 Å². The highest BCUT2D eigenvalue weighted by atomic mass is 79.9. The second kappa shape index (κ2) is 14.0. The van der Waals surface area contributed by atoms with Gasteiger partial charge in [0.2, 0.25) is 0 Å². The lowest BCUT2D eigenvalue weighted by Gasteiger charge is -2.37. The van der Waals surface area contributed by atoms with Crippen LogP contribution in [0.4, 0.5) is 0 Å². The Labute approximate surface area is 290 Å². The van der Waals surface area contributed by atoms with Crippen molar-refractivity contribution in [2.45, 2.75) is 95.5 Å². The van der Waals surface area contributed by atoms with Gasteiger partial charge in [0.25, 0.3) is 5.56 Å². The van der Waals surface area contributed by atoms with E-state index in [-0.39, 0.29) is 50.4 Å². The highest BCUT2D eigenvalue weighted by Gasteiger charge is 2.48. The zero-order chi connectivity index (χ0) is 35.0. The molecule has 0 amide bonds. The number of para-hydroxylation sites is 1. The van der Waals surface area contributed by atoms with Gasteiger partial charge in [-0.1, -0.05) is 48.0 Å². The van der Waals surface area contributed by atoms with Gasteiger partial charge in [0, 0.05) is 42.3 Å². The minimum absolute atomic E-state index is 0.0694. The first-order valence-electron chi connectivity index (χ1n) is 16.3. The molecule has 2 aliphatic heterocycles. The maximum Gasteiger partial charge on any atom is 0.321 e. The van der Waals surface area contributed by atoms with Crippen molar-refractivity contribution < 1.29 is 42.9 Å². The van der Waals surface area contributed by atoms with Crippen molar-refractivity contribution in [3.63, 3.8) is 0 Å². The summed E-state index contributed by atoms with van der Waals surface area (Å²) >= 11 is 3.34. The summed E-state index contributed by atoms with van der Waals surface area (Å²) in [6.07, 6.45) is 1.85. The lowest BCUT2D eigenvalue weighted by molar-refractivity contribution is -0.200. The van der Waals surface area contributed by atoms with Crippen molar-refractivity contribution in [3.05, 3.63) is 75.1 Å². The molecule has 49 heavy (non-hydrogen) atoms. The number of pyridine rings is 2. The number of fused-ring (bicyclic) bond motifs is 5. The molecule has 0 bridgehead atoms. The Morgan fingerprint density at radius 1 is 1.08 bits per heavy atom. The first-order chi connectivity index (χ1) is 23.5. The molecule has 0 fully saturated rings. The number of carbonyl (C=O) groups is 4. The number of hydrogen-bond donors (Lipinski definition) is 0. The van der Waals surface area contributed by atoms with Gasteiger partial charge in [0.15, 0.2) is 17.7 Å². The maximum absolute atomic E-state index is 14.2. The van der Waals surface area contributed by atoms with Gasteiger partial charge in [-0.05, 0) is 49.1 Å². The number of carbonyl (C=O) groups excluding carboxylic acids is 4. The molecule has 0 radical (unpaired) electrons. The third-order valence-corrected chi connectivity index (χ3v) is 10.2. The van der Waals surface area contributed by atoms with Crippen LogP contribution in [0.15, 0.2) is 47.3 Å². The van der Waals surface area contributed by atoms with E-state index in [4.69, 9.17) is 28.7 Å². The number of Topliss-reactive ketones (excluding diaryl/α,β-unsaturated/α-hetero) is 1. The van der Waals surface area contributed by atoms with Crippen molar-refractivity contribution in [1.82, 2.24) is 9.55 Å². The van der Waals surface area contributed by atoms with Crippen molar-refractivity contribution in [3.8, 4) is 11.4 Å². The summed E-state index contributed by atoms with van der Waals surface area (Å²) in [6, 6.07) is 9.36. The van der Waals surface area contributed by atoms with Gasteiger partial charge in [0.1, 0.15) is 23.6 Å². The van der Waals surface area contributed by atoms with Crippen LogP contribution in [0, 0.1) is 0 Å². The monoisotopic (exact) mass is 736 g/mol.